The zero-order chi connectivity index (χ0) is 21.9. The van der Waals surface area contributed by atoms with Gasteiger partial charge in [0.15, 0.2) is 6.61 Å². The van der Waals surface area contributed by atoms with E-state index in [1.54, 1.807) is 6.07 Å². The Morgan fingerprint density at radius 3 is 2.40 bits per heavy atom. The summed E-state index contributed by atoms with van der Waals surface area (Å²) in [5.74, 6) is -2.26. The molecule has 0 heterocycles. The van der Waals surface area contributed by atoms with Crippen molar-refractivity contribution in [1.29, 1.82) is 0 Å². The molecule has 9 heteroatoms. The monoisotopic (exact) mass is 443 g/mol. The minimum Gasteiger partial charge on any atom is -0.455 e. The molecule has 3 rings (SSSR count). The van der Waals surface area contributed by atoms with Gasteiger partial charge in [0, 0.05) is 10.6 Å². The van der Waals surface area contributed by atoms with Crippen LogP contribution in [0.2, 0.25) is 5.02 Å². The maximum absolute atomic E-state index is 14.3. The van der Waals surface area contributed by atoms with Gasteiger partial charge in [0.1, 0.15) is 5.82 Å². The Morgan fingerprint density at radius 2 is 1.77 bits per heavy atom. The number of carbonyl (C=O) groups is 2. The van der Waals surface area contributed by atoms with Gasteiger partial charge in [-0.15, -0.1) is 0 Å². The van der Waals surface area contributed by atoms with Gasteiger partial charge in [0.05, 0.1) is 16.7 Å². The molecule has 1 aliphatic carbocycles. The topological polar surface area (TPSA) is 55.4 Å². The van der Waals surface area contributed by atoms with Crippen LogP contribution in [0.3, 0.4) is 0 Å². The lowest BCUT2D eigenvalue weighted by atomic mass is 9.78. The van der Waals surface area contributed by atoms with E-state index < -0.39 is 47.1 Å². The maximum atomic E-state index is 14.3. The number of esters is 1. The highest BCUT2D eigenvalue weighted by molar-refractivity contribution is 6.30. The second kappa shape index (κ2) is 8.63. The van der Waals surface area contributed by atoms with Gasteiger partial charge in [0.2, 0.25) is 0 Å². The minimum absolute atomic E-state index is 0.139. The third-order valence-electron chi connectivity index (χ3n) is 5.13. The number of ether oxygens (including phenoxy) is 1. The minimum atomic E-state index is -4.73. The van der Waals surface area contributed by atoms with Crippen LogP contribution in [0.15, 0.2) is 42.5 Å². The number of carbonyl (C=O) groups excluding carboxylic acids is 2. The molecule has 0 unspecified atom stereocenters. The van der Waals surface area contributed by atoms with Crippen LogP contribution in [0, 0.1) is 5.82 Å². The predicted octanol–water partition coefficient (Wildman–Crippen LogP) is 5.49. The average molecular weight is 444 g/mol. The summed E-state index contributed by atoms with van der Waals surface area (Å²) in [5.41, 5.74) is -2.63. The number of nitrogens with one attached hydrogen (secondary N) is 1. The van der Waals surface area contributed by atoms with Gasteiger partial charge >= 0.3 is 12.1 Å². The Morgan fingerprint density at radius 1 is 1.10 bits per heavy atom. The van der Waals surface area contributed by atoms with Crippen molar-refractivity contribution in [3.8, 4) is 0 Å². The van der Waals surface area contributed by atoms with Gasteiger partial charge in [-0.25, -0.2) is 4.39 Å². The molecule has 4 nitrogen and oxygen atoms in total. The van der Waals surface area contributed by atoms with Crippen LogP contribution in [-0.4, -0.2) is 18.5 Å². The van der Waals surface area contributed by atoms with Gasteiger partial charge in [-0.2, -0.15) is 13.2 Å². The van der Waals surface area contributed by atoms with Gasteiger partial charge in [-0.3, -0.25) is 9.59 Å². The lowest BCUT2D eigenvalue weighted by molar-refractivity contribution is -0.153. The molecule has 1 N–H and O–H groups in total. The second-order valence-electron chi connectivity index (χ2n) is 7.08. The summed E-state index contributed by atoms with van der Waals surface area (Å²) in [6.07, 6.45) is -2.62. The van der Waals surface area contributed by atoms with E-state index in [1.165, 1.54) is 24.3 Å². The molecule has 0 spiro atoms. The molecular weight excluding hydrogens is 426 g/mol. The van der Waals surface area contributed by atoms with Gasteiger partial charge in [-0.1, -0.05) is 42.6 Å². The number of hydrogen-bond acceptors (Lipinski definition) is 3. The number of benzene rings is 2. The number of anilines is 1. The Kier molecular flexibility index (Phi) is 6.36. The normalized spacial score (nSPS) is 15.6. The Hall–Kier alpha value is -2.61. The van der Waals surface area contributed by atoms with Crippen molar-refractivity contribution in [2.75, 3.05) is 11.9 Å². The molecule has 1 aliphatic rings. The molecule has 1 saturated carbocycles. The van der Waals surface area contributed by atoms with Crippen molar-refractivity contribution >= 4 is 29.2 Å². The van der Waals surface area contributed by atoms with Crippen LogP contribution >= 0.6 is 11.6 Å². The number of amides is 1. The average Bonchev–Trinajstić information content (AvgIpc) is 3.18. The first-order chi connectivity index (χ1) is 14.1. The molecule has 0 bridgehead atoms. The van der Waals surface area contributed by atoms with Crippen molar-refractivity contribution in [1.82, 2.24) is 0 Å². The summed E-state index contributed by atoms with van der Waals surface area (Å²) in [7, 11) is 0. The summed E-state index contributed by atoms with van der Waals surface area (Å²) in [5, 5.41) is 1.95. The highest BCUT2D eigenvalue weighted by atomic mass is 35.5. The van der Waals surface area contributed by atoms with Crippen molar-refractivity contribution < 1.29 is 31.9 Å². The molecule has 0 atom stereocenters. The van der Waals surface area contributed by atoms with Gasteiger partial charge in [0.25, 0.3) is 5.91 Å². The first-order valence-corrected chi connectivity index (χ1v) is 9.60. The molecular formula is C21H18ClF4NO3. The van der Waals surface area contributed by atoms with E-state index in [0.717, 1.165) is 6.07 Å². The first-order valence-electron chi connectivity index (χ1n) is 9.22. The fourth-order valence-corrected chi connectivity index (χ4v) is 3.90. The van der Waals surface area contributed by atoms with Crippen molar-refractivity contribution in [3.05, 3.63) is 64.4 Å². The predicted molar refractivity (Wildman–Crippen MR) is 103 cm³/mol. The van der Waals surface area contributed by atoms with Crippen LogP contribution in [0.1, 0.15) is 36.8 Å². The third-order valence-corrected chi connectivity index (χ3v) is 5.37. The van der Waals surface area contributed by atoms with Crippen LogP contribution in [0.5, 0.6) is 0 Å². The zero-order valence-corrected chi connectivity index (χ0v) is 16.4. The quantitative estimate of drug-likeness (QED) is 0.491. The third kappa shape index (κ3) is 4.59. The maximum Gasteiger partial charge on any atom is 0.418 e. The van der Waals surface area contributed by atoms with E-state index in [1.807, 2.05) is 0 Å². The molecule has 2 aromatic carbocycles. The highest BCUT2D eigenvalue weighted by Gasteiger charge is 2.46. The van der Waals surface area contributed by atoms with E-state index in [9.17, 15) is 27.2 Å². The first kappa shape index (κ1) is 22.1. The summed E-state index contributed by atoms with van der Waals surface area (Å²) >= 11 is 5.61. The van der Waals surface area contributed by atoms with E-state index in [2.05, 4.69) is 5.32 Å². The molecule has 1 fully saturated rings. The molecule has 2 aromatic rings. The van der Waals surface area contributed by atoms with Crippen molar-refractivity contribution in [2.24, 2.45) is 0 Å². The van der Waals surface area contributed by atoms with E-state index in [-0.39, 0.29) is 10.6 Å². The lowest BCUT2D eigenvalue weighted by Crippen LogP contribution is -2.37. The molecule has 0 saturated heterocycles. The summed E-state index contributed by atoms with van der Waals surface area (Å²) < 4.78 is 58.8. The Balaban J connectivity index is 1.72. The number of halogens is 5. The fraction of sp³-hybridized carbons (Fsp3) is 0.333. The van der Waals surface area contributed by atoms with E-state index in [4.69, 9.17) is 16.3 Å². The smallest absolute Gasteiger partial charge is 0.418 e. The SMILES string of the molecule is O=C(COC(=O)C1(c2ccccc2F)CCCC1)Nc1ccc(Cl)cc1C(F)(F)F. The second-order valence-corrected chi connectivity index (χ2v) is 7.52. The molecule has 30 heavy (non-hydrogen) atoms. The molecule has 160 valence electrons. The zero-order valence-electron chi connectivity index (χ0n) is 15.7. The van der Waals surface area contributed by atoms with Gasteiger partial charge < -0.3 is 10.1 Å². The van der Waals surface area contributed by atoms with Crippen LogP contribution < -0.4 is 5.32 Å². The fourth-order valence-electron chi connectivity index (χ4n) is 3.73. The van der Waals surface area contributed by atoms with Gasteiger partial charge in [-0.05, 0) is 37.1 Å². The van der Waals surface area contributed by atoms with E-state index >= 15 is 0 Å². The lowest BCUT2D eigenvalue weighted by Gasteiger charge is -2.27. The molecule has 0 radical (unpaired) electrons. The summed E-state index contributed by atoms with van der Waals surface area (Å²) in [6.45, 7) is -0.797. The van der Waals surface area contributed by atoms with E-state index in [0.29, 0.717) is 31.7 Å². The summed E-state index contributed by atoms with van der Waals surface area (Å²) in [6, 6.07) is 8.77. The Bertz CT molecular complexity index is 956. The highest BCUT2D eigenvalue weighted by Crippen LogP contribution is 2.43. The number of alkyl halides is 3. The van der Waals surface area contributed by atoms with Crippen molar-refractivity contribution in [2.45, 2.75) is 37.3 Å². The standard InChI is InChI=1S/C21H18ClF4NO3/c22-13-7-8-17(15(11-13)21(24,25)26)27-18(28)12-30-19(29)20(9-3-4-10-20)14-5-1-2-6-16(14)23/h1-2,5-8,11H,3-4,9-10,12H2,(H,27,28). The number of hydrogen-bond donors (Lipinski definition) is 1. The number of rotatable bonds is 5. The largest absolute Gasteiger partial charge is 0.455 e. The van der Waals surface area contributed by atoms with Crippen LogP contribution in [0.4, 0.5) is 23.2 Å². The van der Waals surface area contributed by atoms with Crippen LogP contribution in [-0.2, 0) is 25.9 Å². The molecule has 1 amide bonds. The molecule has 0 aromatic heterocycles. The molecule has 0 aliphatic heterocycles. The summed E-state index contributed by atoms with van der Waals surface area (Å²) in [4.78, 5) is 24.9. The van der Waals surface area contributed by atoms with Crippen LogP contribution in [0.25, 0.3) is 0 Å². The Labute approximate surface area is 175 Å². The van der Waals surface area contributed by atoms with Crippen molar-refractivity contribution in [3.63, 3.8) is 0 Å².